The SMILES string of the molecule is COCCNC(=O)C(C)Oc1cc(Br)ccc1Cl. The maximum Gasteiger partial charge on any atom is 0.260 e. The van der Waals surface area contributed by atoms with Gasteiger partial charge in [0, 0.05) is 18.1 Å². The Bertz CT molecular complexity index is 414. The fourth-order valence-electron chi connectivity index (χ4n) is 1.23. The van der Waals surface area contributed by atoms with Crippen molar-refractivity contribution >= 4 is 33.4 Å². The highest BCUT2D eigenvalue weighted by Gasteiger charge is 2.15. The molecule has 1 aromatic carbocycles. The zero-order valence-corrected chi connectivity index (χ0v) is 12.5. The Hall–Kier alpha value is -0.780. The molecule has 1 N–H and O–H groups in total. The Balaban J connectivity index is 2.55. The van der Waals surface area contributed by atoms with Crippen LogP contribution in [0.15, 0.2) is 22.7 Å². The Morgan fingerprint density at radius 1 is 1.56 bits per heavy atom. The number of carbonyl (C=O) groups excluding carboxylic acids is 1. The van der Waals surface area contributed by atoms with Crippen LogP contribution in [0.4, 0.5) is 0 Å². The number of amides is 1. The van der Waals surface area contributed by atoms with Crippen LogP contribution in [0.5, 0.6) is 5.75 Å². The molecule has 4 nitrogen and oxygen atoms in total. The average Bonchev–Trinajstić information content (AvgIpc) is 2.34. The smallest absolute Gasteiger partial charge is 0.260 e. The molecular weight excluding hydrogens is 321 g/mol. The molecule has 0 aliphatic rings. The van der Waals surface area contributed by atoms with Gasteiger partial charge in [0.2, 0.25) is 0 Å². The van der Waals surface area contributed by atoms with Crippen molar-refractivity contribution in [2.24, 2.45) is 0 Å². The lowest BCUT2D eigenvalue weighted by molar-refractivity contribution is -0.127. The fraction of sp³-hybridized carbons (Fsp3) is 0.417. The summed E-state index contributed by atoms with van der Waals surface area (Å²) in [5.74, 6) is 0.267. The first kappa shape index (κ1) is 15.3. The molecule has 0 saturated heterocycles. The van der Waals surface area contributed by atoms with Crippen molar-refractivity contribution in [2.75, 3.05) is 20.3 Å². The molecule has 0 aromatic heterocycles. The van der Waals surface area contributed by atoms with E-state index in [0.717, 1.165) is 4.47 Å². The van der Waals surface area contributed by atoms with Gasteiger partial charge in [0.05, 0.1) is 11.6 Å². The topological polar surface area (TPSA) is 47.6 Å². The van der Waals surface area contributed by atoms with E-state index in [9.17, 15) is 4.79 Å². The van der Waals surface area contributed by atoms with Gasteiger partial charge in [-0.25, -0.2) is 0 Å². The summed E-state index contributed by atoms with van der Waals surface area (Å²) in [6.45, 7) is 2.59. The molecule has 0 aliphatic carbocycles. The first-order valence-corrected chi connectivity index (χ1v) is 6.60. The number of rotatable bonds is 6. The number of benzene rings is 1. The standard InChI is InChI=1S/C12H15BrClNO3/c1-8(12(16)15-5-6-17-2)18-11-7-9(13)3-4-10(11)14/h3-4,7-8H,5-6H2,1-2H3,(H,15,16). The maximum atomic E-state index is 11.7. The summed E-state index contributed by atoms with van der Waals surface area (Å²) >= 11 is 9.29. The third kappa shape index (κ3) is 4.84. The van der Waals surface area contributed by atoms with E-state index in [2.05, 4.69) is 21.2 Å². The van der Waals surface area contributed by atoms with Gasteiger partial charge in [-0.3, -0.25) is 4.79 Å². The van der Waals surface area contributed by atoms with E-state index >= 15 is 0 Å². The van der Waals surface area contributed by atoms with E-state index in [-0.39, 0.29) is 5.91 Å². The van der Waals surface area contributed by atoms with Crippen LogP contribution >= 0.6 is 27.5 Å². The summed E-state index contributed by atoms with van der Waals surface area (Å²) in [6.07, 6.45) is -0.617. The van der Waals surface area contributed by atoms with Crippen molar-refractivity contribution in [3.05, 3.63) is 27.7 Å². The van der Waals surface area contributed by atoms with E-state index in [1.165, 1.54) is 0 Å². The first-order chi connectivity index (χ1) is 8.54. The van der Waals surface area contributed by atoms with Gasteiger partial charge in [0.15, 0.2) is 6.10 Å². The second-order valence-corrected chi connectivity index (χ2v) is 4.94. The van der Waals surface area contributed by atoms with E-state index in [1.807, 2.05) is 0 Å². The molecular formula is C12H15BrClNO3. The van der Waals surface area contributed by atoms with Gasteiger partial charge >= 0.3 is 0 Å². The van der Waals surface area contributed by atoms with Gasteiger partial charge in [0.1, 0.15) is 5.75 Å². The molecule has 1 unspecified atom stereocenters. The van der Waals surface area contributed by atoms with Crippen molar-refractivity contribution in [3.63, 3.8) is 0 Å². The van der Waals surface area contributed by atoms with Crippen LogP contribution in [0.25, 0.3) is 0 Å². The Kier molecular flexibility index (Phi) is 6.46. The van der Waals surface area contributed by atoms with Crippen LogP contribution in [-0.4, -0.2) is 32.3 Å². The normalized spacial score (nSPS) is 12.0. The molecule has 1 rings (SSSR count). The summed E-state index contributed by atoms with van der Waals surface area (Å²) in [7, 11) is 1.58. The highest BCUT2D eigenvalue weighted by atomic mass is 79.9. The maximum absolute atomic E-state index is 11.7. The number of hydrogen-bond donors (Lipinski definition) is 1. The van der Waals surface area contributed by atoms with E-state index in [1.54, 1.807) is 32.2 Å². The second kappa shape index (κ2) is 7.61. The van der Waals surface area contributed by atoms with Crippen LogP contribution < -0.4 is 10.1 Å². The van der Waals surface area contributed by atoms with Crippen LogP contribution in [-0.2, 0) is 9.53 Å². The number of halogens is 2. The molecule has 1 amide bonds. The minimum absolute atomic E-state index is 0.205. The predicted molar refractivity (Wildman–Crippen MR) is 74.1 cm³/mol. The molecule has 0 spiro atoms. The van der Waals surface area contributed by atoms with Gasteiger partial charge in [-0.2, -0.15) is 0 Å². The molecule has 0 saturated carbocycles. The van der Waals surface area contributed by atoms with Crippen LogP contribution in [0.2, 0.25) is 5.02 Å². The average molecular weight is 337 g/mol. The van der Waals surface area contributed by atoms with Gasteiger partial charge < -0.3 is 14.8 Å². The minimum Gasteiger partial charge on any atom is -0.479 e. The Labute approximate surface area is 120 Å². The van der Waals surface area contributed by atoms with E-state index in [4.69, 9.17) is 21.1 Å². The van der Waals surface area contributed by atoms with Crippen LogP contribution in [0.1, 0.15) is 6.92 Å². The first-order valence-electron chi connectivity index (χ1n) is 5.43. The summed E-state index contributed by atoms with van der Waals surface area (Å²) in [5.41, 5.74) is 0. The zero-order valence-electron chi connectivity index (χ0n) is 10.2. The molecule has 0 fully saturated rings. The summed E-state index contributed by atoms with van der Waals surface area (Å²) < 4.78 is 11.2. The second-order valence-electron chi connectivity index (χ2n) is 3.62. The molecule has 0 aliphatic heterocycles. The highest BCUT2D eigenvalue weighted by molar-refractivity contribution is 9.10. The quantitative estimate of drug-likeness (QED) is 0.812. The van der Waals surface area contributed by atoms with Crippen molar-refractivity contribution < 1.29 is 14.3 Å². The van der Waals surface area contributed by atoms with Gasteiger partial charge in [-0.05, 0) is 25.1 Å². The van der Waals surface area contributed by atoms with Crippen molar-refractivity contribution in [3.8, 4) is 5.75 Å². The number of nitrogens with one attached hydrogen (secondary N) is 1. The molecule has 0 radical (unpaired) electrons. The summed E-state index contributed by atoms with van der Waals surface area (Å²) in [4.78, 5) is 11.7. The molecule has 0 bridgehead atoms. The number of methoxy groups -OCH3 is 1. The van der Waals surface area contributed by atoms with E-state index < -0.39 is 6.10 Å². The lowest BCUT2D eigenvalue weighted by atomic mass is 10.3. The zero-order chi connectivity index (χ0) is 13.5. The summed E-state index contributed by atoms with van der Waals surface area (Å²) in [5, 5.41) is 3.16. The van der Waals surface area contributed by atoms with Crippen molar-refractivity contribution in [1.29, 1.82) is 0 Å². The molecule has 1 aromatic rings. The molecule has 6 heteroatoms. The highest BCUT2D eigenvalue weighted by Crippen LogP contribution is 2.28. The molecule has 18 heavy (non-hydrogen) atoms. The largest absolute Gasteiger partial charge is 0.479 e. The van der Waals surface area contributed by atoms with Crippen molar-refractivity contribution in [1.82, 2.24) is 5.32 Å². The third-order valence-electron chi connectivity index (χ3n) is 2.17. The van der Waals surface area contributed by atoms with Gasteiger partial charge in [-0.1, -0.05) is 27.5 Å². The lowest BCUT2D eigenvalue weighted by Gasteiger charge is -2.15. The number of hydrogen-bond acceptors (Lipinski definition) is 3. The molecule has 0 heterocycles. The van der Waals surface area contributed by atoms with Crippen LogP contribution in [0, 0.1) is 0 Å². The predicted octanol–water partition coefficient (Wildman–Crippen LogP) is 2.63. The Morgan fingerprint density at radius 2 is 2.28 bits per heavy atom. The number of ether oxygens (including phenoxy) is 2. The fourth-order valence-corrected chi connectivity index (χ4v) is 1.73. The van der Waals surface area contributed by atoms with Gasteiger partial charge in [-0.15, -0.1) is 0 Å². The van der Waals surface area contributed by atoms with Crippen LogP contribution in [0.3, 0.4) is 0 Å². The number of carbonyl (C=O) groups is 1. The lowest BCUT2D eigenvalue weighted by Crippen LogP contribution is -2.37. The Morgan fingerprint density at radius 3 is 2.94 bits per heavy atom. The summed E-state index contributed by atoms with van der Waals surface area (Å²) in [6, 6.07) is 5.23. The van der Waals surface area contributed by atoms with Crippen molar-refractivity contribution in [2.45, 2.75) is 13.0 Å². The third-order valence-corrected chi connectivity index (χ3v) is 2.98. The molecule has 100 valence electrons. The molecule has 1 atom stereocenters. The van der Waals surface area contributed by atoms with E-state index in [0.29, 0.717) is 23.9 Å². The van der Waals surface area contributed by atoms with Gasteiger partial charge in [0.25, 0.3) is 5.91 Å². The minimum atomic E-state index is -0.617. The monoisotopic (exact) mass is 335 g/mol.